The van der Waals surface area contributed by atoms with Crippen LogP contribution in [-0.4, -0.2) is 62.5 Å². The first-order valence-electron chi connectivity index (χ1n) is 8.50. The fourth-order valence-corrected chi connectivity index (χ4v) is 4.03. The summed E-state index contributed by atoms with van der Waals surface area (Å²) in [5.41, 5.74) is 4.42. The summed E-state index contributed by atoms with van der Waals surface area (Å²) in [7, 11) is 0. The largest absolute Gasteiger partial charge is 0.465 e. The summed E-state index contributed by atoms with van der Waals surface area (Å²) in [5, 5.41) is 31.2. The zero-order valence-electron chi connectivity index (χ0n) is 14.7. The summed E-state index contributed by atoms with van der Waals surface area (Å²) in [6.45, 7) is 1.51. The van der Waals surface area contributed by atoms with E-state index in [4.69, 9.17) is 0 Å². The minimum absolute atomic E-state index is 0.0415. The maximum Gasteiger partial charge on any atom is 0.408 e. The topological polar surface area (TPSA) is 123 Å². The van der Waals surface area contributed by atoms with Gasteiger partial charge in [0.05, 0.1) is 41.4 Å². The number of β-amino-alcohol motifs (C(OH)–C–C–N with tert-alkyl or cyclic N) is 1. The Bertz CT molecular complexity index is 823. The minimum Gasteiger partial charge on any atom is -0.465 e. The molecule has 0 saturated carbocycles. The predicted octanol–water partition coefficient (Wildman–Crippen LogP) is 1.38. The molecule has 1 aliphatic heterocycles. The Morgan fingerprint density at radius 1 is 1.37 bits per heavy atom. The standard InChI is InChI=1S/C18H21N3O5S/c1-10-16(27-9-19-10)12-4-2-11(3-5-12)14(8-22)20-17(24)15-6-13(23)7-21(15)18(25)26/h2-5,9,13-15,22-23H,6-8H2,1H3,(H,20,24)(H,25,26)/t13-,14+,15+/m1/s1. The van der Waals surface area contributed by atoms with Crippen molar-refractivity contribution in [2.45, 2.75) is 31.5 Å². The minimum atomic E-state index is -1.25. The highest BCUT2D eigenvalue weighted by Crippen LogP contribution is 2.28. The van der Waals surface area contributed by atoms with Crippen LogP contribution in [0.3, 0.4) is 0 Å². The van der Waals surface area contributed by atoms with Crippen LogP contribution in [0, 0.1) is 6.92 Å². The number of carboxylic acid groups (broad SMARTS) is 1. The number of rotatable bonds is 5. The highest BCUT2D eigenvalue weighted by Gasteiger charge is 2.39. The zero-order chi connectivity index (χ0) is 19.6. The van der Waals surface area contributed by atoms with E-state index < -0.39 is 30.2 Å². The van der Waals surface area contributed by atoms with Crippen LogP contribution in [0.5, 0.6) is 0 Å². The molecule has 0 bridgehead atoms. The van der Waals surface area contributed by atoms with Gasteiger partial charge >= 0.3 is 6.09 Å². The molecule has 0 radical (unpaired) electrons. The van der Waals surface area contributed by atoms with Crippen LogP contribution in [0.4, 0.5) is 4.79 Å². The first-order valence-corrected chi connectivity index (χ1v) is 9.38. The van der Waals surface area contributed by atoms with Gasteiger partial charge in [-0.15, -0.1) is 11.3 Å². The van der Waals surface area contributed by atoms with E-state index in [2.05, 4.69) is 10.3 Å². The molecule has 0 unspecified atom stereocenters. The van der Waals surface area contributed by atoms with E-state index in [1.807, 2.05) is 31.2 Å². The number of benzene rings is 1. The lowest BCUT2D eigenvalue weighted by molar-refractivity contribution is -0.126. The molecule has 9 heteroatoms. The van der Waals surface area contributed by atoms with Crippen molar-refractivity contribution in [1.29, 1.82) is 0 Å². The number of likely N-dealkylation sites (tertiary alicyclic amines) is 1. The average molecular weight is 391 g/mol. The van der Waals surface area contributed by atoms with Gasteiger partial charge in [-0.1, -0.05) is 24.3 Å². The number of nitrogens with zero attached hydrogens (tertiary/aromatic N) is 2. The van der Waals surface area contributed by atoms with E-state index in [0.717, 1.165) is 21.0 Å². The van der Waals surface area contributed by atoms with Crippen molar-refractivity contribution in [2.75, 3.05) is 13.2 Å². The predicted molar refractivity (Wildman–Crippen MR) is 99.4 cm³/mol. The molecule has 1 aliphatic rings. The molecule has 27 heavy (non-hydrogen) atoms. The number of carbonyl (C=O) groups is 2. The number of aliphatic hydroxyl groups is 2. The molecule has 4 N–H and O–H groups in total. The molecule has 8 nitrogen and oxygen atoms in total. The average Bonchev–Trinajstić information content (AvgIpc) is 3.25. The second-order valence-corrected chi connectivity index (χ2v) is 7.33. The fraction of sp³-hybridized carbons (Fsp3) is 0.389. The molecule has 2 amide bonds. The normalized spacial score (nSPS) is 20.5. The maximum atomic E-state index is 12.5. The Morgan fingerprint density at radius 2 is 2.07 bits per heavy atom. The highest BCUT2D eigenvalue weighted by molar-refractivity contribution is 7.13. The van der Waals surface area contributed by atoms with Gasteiger partial charge in [0.2, 0.25) is 5.91 Å². The van der Waals surface area contributed by atoms with Crippen molar-refractivity contribution in [2.24, 2.45) is 0 Å². The third kappa shape index (κ3) is 4.10. The molecule has 0 aliphatic carbocycles. The fourth-order valence-electron chi connectivity index (χ4n) is 3.22. The van der Waals surface area contributed by atoms with E-state index in [-0.39, 0.29) is 19.6 Å². The first-order chi connectivity index (χ1) is 12.9. The number of hydrogen-bond acceptors (Lipinski definition) is 6. The summed E-state index contributed by atoms with van der Waals surface area (Å²) in [4.78, 5) is 30.0. The number of hydrogen-bond donors (Lipinski definition) is 4. The van der Waals surface area contributed by atoms with Gasteiger partial charge in [0.25, 0.3) is 0 Å². The van der Waals surface area contributed by atoms with Crippen LogP contribution in [0.2, 0.25) is 0 Å². The van der Waals surface area contributed by atoms with Gasteiger partial charge in [-0.25, -0.2) is 9.78 Å². The van der Waals surface area contributed by atoms with Gasteiger partial charge in [-0.2, -0.15) is 0 Å². The SMILES string of the molecule is Cc1ncsc1-c1ccc([C@H](CO)NC(=O)[C@@H]2C[C@@H](O)CN2C(=O)O)cc1. The number of aromatic nitrogens is 1. The van der Waals surface area contributed by atoms with Gasteiger partial charge in [0.1, 0.15) is 6.04 Å². The van der Waals surface area contributed by atoms with Crippen molar-refractivity contribution in [3.8, 4) is 10.4 Å². The van der Waals surface area contributed by atoms with E-state index in [9.17, 15) is 24.9 Å². The molecule has 2 heterocycles. The Hall–Kier alpha value is -2.49. The summed E-state index contributed by atoms with van der Waals surface area (Å²) < 4.78 is 0. The monoisotopic (exact) mass is 391 g/mol. The molecule has 2 aromatic rings. The van der Waals surface area contributed by atoms with Crippen LogP contribution in [0.15, 0.2) is 29.8 Å². The van der Waals surface area contributed by atoms with Crippen LogP contribution in [-0.2, 0) is 4.79 Å². The highest BCUT2D eigenvalue weighted by atomic mass is 32.1. The molecule has 144 valence electrons. The van der Waals surface area contributed by atoms with Crippen molar-refractivity contribution < 1.29 is 24.9 Å². The second-order valence-electron chi connectivity index (χ2n) is 6.47. The smallest absolute Gasteiger partial charge is 0.408 e. The second kappa shape index (κ2) is 8.03. The Kier molecular flexibility index (Phi) is 5.73. The van der Waals surface area contributed by atoms with E-state index in [0.29, 0.717) is 5.56 Å². The number of aliphatic hydroxyl groups excluding tert-OH is 2. The van der Waals surface area contributed by atoms with Crippen molar-refractivity contribution in [3.05, 3.63) is 41.0 Å². The van der Waals surface area contributed by atoms with E-state index in [1.165, 1.54) is 11.3 Å². The number of thiazole rings is 1. The Balaban J connectivity index is 1.72. The summed E-state index contributed by atoms with van der Waals surface area (Å²) in [5.74, 6) is -0.532. The maximum absolute atomic E-state index is 12.5. The number of nitrogens with one attached hydrogen (secondary N) is 1. The first kappa shape index (κ1) is 19.3. The van der Waals surface area contributed by atoms with Crippen molar-refractivity contribution in [3.63, 3.8) is 0 Å². The lowest BCUT2D eigenvalue weighted by atomic mass is 10.0. The quantitative estimate of drug-likeness (QED) is 0.611. The molecular weight excluding hydrogens is 370 g/mol. The summed E-state index contributed by atoms with van der Waals surface area (Å²) in [6, 6.07) is 5.79. The van der Waals surface area contributed by atoms with Crippen LogP contribution in [0.1, 0.15) is 23.7 Å². The van der Waals surface area contributed by atoms with E-state index >= 15 is 0 Å². The molecular formula is C18H21N3O5S. The molecule has 1 aromatic carbocycles. The van der Waals surface area contributed by atoms with Gasteiger partial charge in [0, 0.05) is 6.42 Å². The van der Waals surface area contributed by atoms with Gasteiger partial charge < -0.3 is 20.6 Å². The number of carbonyl (C=O) groups excluding carboxylic acids is 1. The number of aryl methyl sites for hydroxylation is 1. The molecule has 1 saturated heterocycles. The van der Waals surface area contributed by atoms with Crippen LogP contribution >= 0.6 is 11.3 Å². The van der Waals surface area contributed by atoms with Gasteiger partial charge in [-0.3, -0.25) is 9.69 Å². The van der Waals surface area contributed by atoms with Crippen molar-refractivity contribution >= 4 is 23.3 Å². The molecule has 1 aromatic heterocycles. The van der Waals surface area contributed by atoms with Crippen LogP contribution < -0.4 is 5.32 Å². The van der Waals surface area contributed by atoms with Gasteiger partial charge in [-0.05, 0) is 18.1 Å². The summed E-state index contributed by atoms with van der Waals surface area (Å²) in [6.07, 6.45) is -2.08. The number of amides is 2. The van der Waals surface area contributed by atoms with Crippen molar-refractivity contribution in [1.82, 2.24) is 15.2 Å². The summed E-state index contributed by atoms with van der Waals surface area (Å²) >= 11 is 1.54. The van der Waals surface area contributed by atoms with E-state index in [1.54, 1.807) is 5.51 Å². The lowest BCUT2D eigenvalue weighted by Crippen LogP contribution is -2.46. The third-order valence-electron chi connectivity index (χ3n) is 4.65. The molecule has 3 atom stereocenters. The third-order valence-corrected chi connectivity index (χ3v) is 5.62. The van der Waals surface area contributed by atoms with Gasteiger partial charge in [0.15, 0.2) is 0 Å². The molecule has 1 fully saturated rings. The Morgan fingerprint density at radius 3 is 2.63 bits per heavy atom. The Labute approximate surface area is 160 Å². The molecule has 3 rings (SSSR count). The lowest BCUT2D eigenvalue weighted by Gasteiger charge is -2.24. The zero-order valence-corrected chi connectivity index (χ0v) is 15.5. The molecule has 0 spiro atoms. The van der Waals surface area contributed by atoms with Crippen LogP contribution in [0.25, 0.3) is 10.4 Å².